The number of imidazole rings is 1. The Kier molecular flexibility index (Phi) is 3.35. The van der Waals surface area contributed by atoms with Gasteiger partial charge in [-0.3, -0.25) is 9.20 Å². The topological polar surface area (TPSA) is 37.6 Å². The fourth-order valence-electron chi connectivity index (χ4n) is 1.76. The highest BCUT2D eigenvalue weighted by atomic mass is 127. The van der Waals surface area contributed by atoms with Crippen molar-refractivity contribution in [1.82, 2.24) is 9.38 Å². The summed E-state index contributed by atoms with van der Waals surface area (Å²) in [6.07, 6.45) is 3.75. The Hall–Kier alpha value is -1.11. The van der Waals surface area contributed by atoms with Crippen molar-refractivity contribution in [2.75, 3.05) is 11.9 Å². The third-order valence-electron chi connectivity index (χ3n) is 2.78. The summed E-state index contributed by atoms with van der Waals surface area (Å²) in [6.45, 7) is 5.77. The average molecular weight is 357 g/mol. The first-order chi connectivity index (χ1) is 8.30. The minimum absolute atomic E-state index is 0.0944. The normalized spacial score (nSPS) is 11.8. The van der Waals surface area contributed by atoms with Crippen molar-refractivity contribution < 1.29 is 4.79 Å². The molecule has 0 bridgehead atoms. The van der Waals surface area contributed by atoms with Crippen LogP contribution in [0.1, 0.15) is 20.8 Å². The molecular weight excluding hydrogens is 341 g/mol. The Morgan fingerprint density at radius 1 is 1.39 bits per heavy atom. The fraction of sp³-hybridized carbons (Fsp3) is 0.385. The largest absolute Gasteiger partial charge is 0.314 e. The summed E-state index contributed by atoms with van der Waals surface area (Å²) in [6, 6.07) is 3.84. The van der Waals surface area contributed by atoms with E-state index in [-0.39, 0.29) is 11.3 Å². The van der Waals surface area contributed by atoms with Crippen LogP contribution in [0.25, 0.3) is 5.65 Å². The molecule has 2 rings (SSSR count). The van der Waals surface area contributed by atoms with Crippen LogP contribution < -0.4 is 4.90 Å². The van der Waals surface area contributed by atoms with Crippen molar-refractivity contribution in [3.63, 3.8) is 0 Å². The second-order valence-electron chi connectivity index (χ2n) is 5.31. The Morgan fingerprint density at radius 2 is 2.06 bits per heavy atom. The van der Waals surface area contributed by atoms with Crippen molar-refractivity contribution in [2.45, 2.75) is 20.8 Å². The molecule has 2 aromatic rings. The zero-order chi connectivity index (χ0) is 13.5. The smallest absolute Gasteiger partial charge is 0.232 e. The molecule has 0 aliphatic heterocycles. The molecule has 0 fully saturated rings. The van der Waals surface area contributed by atoms with E-state index >= 15 is 0 Å². The van der Waals surface area contributed by atoms with Gasteiger partial charge in [0, 0.05) is 18.7 Å². The Balaban J connectivity index is 2.42. The Bertz CT molecular complexity index is 598. The molecule has 2 heterocycles. The van der Waals surface area contributed by atoms with Gasteiger partial charge in [0.25, 0.3) is 0 Å². The van der Waals surface area contributed by atoms with Crippen LogP contribution in [0.5, 0.6) is 0 Å². The lowest BCUT2D eigenvalue weighted by molar-refractivity contribution is -0.125. The van der Waals surface area contributed by atoms with E-state index in [9.17, 15) is 4.79 Å². The number of carbonyl (C=O) groups excluding carboxylic acids is 1. The van der Waals surface area contributed by atoms with Gasteiger partial charge in [-0.05, 0) is 34.7 Å². The number of hydrogen-bond donors (Lipinski definition) is 0. The van der Waals surface area contributed by atoms with Gasteiger partial charge in [0.1, 0.15) is 9.35 Å². The van der Waals surface area contributed by atoms with Gasteiger partial charge in [-0.1, -0.05) is 20.8 Å². The Morgan fingerprint density at radius 3 is 2.67 bits per heavy atom. The molecule has 0 unspecified atom stereocenters. The van der Waals surface area contributed by atoms with Gasteiger partial charge in [0.15, 0.2) is 0 Å². The van der Waals surface area contributed by atoms with Crippen LogP contribution in [-0.4, -0.2) is 22.3 Å². The first-order valence-electron chi connectivity index (χ1n) is 5.71. The molecule has 5 heteroatoms. The van der Waals surface area contributed by atoms with Crippen LogP contribution in [0.15, 0.2) is 24.5 Å². The second kappa shape index (κ2) is 4.53. The maximum absolute atomic E-state index is 12.2. The standard InChI is InChI=1S/C13H16IN3O/c1-13(2,3)12(18)16(4)9-5-6-11-15-7-10(14)17(11)8-9/h5-8H,1-4H3. The summed E-state index contributed by atoms with van der Waals surface area (Å²) >= 11 is 2.22. The second-order valence-corrected chi connectivity index (χ2v) is 6.42. The molecule has 0 aromatic carbocycles. The van der Waals surface area contributed by atoms with Crippen LogP contribution in [0, 0.1) is 9.12 Å². The number of pyridine rings is 1. The molecular formula is C13H16IN3O. The molecule has 96 valence electrons. The number of halogens is 1. The van der Waals surface area contributed by atoms with Gasteiger partial charge in [0.2, 0.25) is 5.91 Å². The minimum Gasteiger partial charge on any atom is -0.314 e. The predicted molar refractivity (Wildman–Crippen MR) is 80.8 cm³/mol. The van der Waals surface area contributed by atoms with E-state index in [0.29, 0.717) is 0 Å². The van der Waals surface area contributed by atoms with Crippen molar-refractivity contribution in [1.29, 1.82) is 0 Å². The zero-order valence-corrected chi connectivity index (χ0v) is 13.1. The van der Waals surface area contributed by atoms with Crippen LogP contribution in [0.4, 0.5) is 5.69 Å². The van der Waals surface area contributed by atoms with Crippen LogP contribution in [-0.2, 0) is 4.79 Å². The number of anilines is 1. The van der Waals surface area contributed by atoms with E-state index < -0.39 is 0 Å². The van der Waals surface area contributed by atoms with Crippen LogP contribution >= 0.6 is 22.6 Å². The third-order valence-corrected chi connectivity index (χ3v) is 3.58. The van der Waals surface area contributed by atoms with Crippen molar-refractivity contribution in [3.05, 3.63) is 28.2 Å². The summed E-state index contributed by atoms with van der Waals surface area (Å²) in [7, 11) is 1.80. The first-order valence-corrected chi connectivity index (χ1v) is 6.79. The van der Waals surface area contributed by atoms with E-state index in [1.807, 2.05) is 49.7 Å². The molecule has 0 atom stereocenters. The number of hydrogen-bond acceptors (Lipinski definition) is 2. The van der Waals surface area contributed by atoms with Gasteiger partial charge >= 0.3 is 0 Å². The van der Waals surface area contributed by atoms with Gasteiger partial charge in [-0.2, -0.15) is 0 Å². The van der Waals surface area contributed by atoms with Crippen LogP contribution in [0.2, 0.25) is 0 Å². The van der Waals surface area contributed by atoms with Crippen molar-refractivity contribution in [2.24, 2.45) is 5.41 Å². The molecule has 4 nitrogen and oxygen atoms in total. The maximum atomic E-state index is 12.2. The lowest BCUT2D eigenvalue weighted by Gasteiger charge is -2.26. The highest BCUT2D eigenvalue weighted by molar-refractivity contribution is 14.1. The first kappa shape index (κ1) is 13.3. The van der Waals surface area contributed by atoms with Gasteiger partial charge < -0.3 is 4.90 Å². The number of fused-ring (bicyclic) bond motifs is 1. The molecule has 0 radical (unpaired) electrons. The maximum Gasteiger partial charge on any atom is 0.232 e. The van der Waals surface area contributed by atoms with E-state index in [1.165, 1.54) is 0 Å². The van der Waals surface area contributed by atoms with E-state index in [4.69, 9.17) is 0 Å². The molecule has 2 aromatic heterocycles. The molecule has 0 aliphatic rings. The summed E-state index contributed by atoms with van der Waals surface area (Å²) in [4.78, 5) is 18.2. The monoisotopic (exact) mass is 357 g/mol. The van der Waals surface area contributed by atoms with Gasteiger partial charge in [0.05, 0.1) is 11.9 Å². The van der Waals surface area contributed by atoms with Gasteiger partial charge in [-0.15, -0.1) is 0 Å². The quantitative estimate of drug-likeness (QED) is 0.736. The lowest BCUT2D eigenvalue weighted by atomic mass is 9.95. The Labute approximate surface area is 120 Å². The highest BCUT2D eigenvalue weighted by Crippen LogP contribution is 2.23. The van der Waals surface area contributed by atoms with Crippen molar-refractivity contribution >= 4 is 39.8 Å². The molecule has 0 N–H and O–H groups in total. The number of carbonyl (C=O) groups is 1. The average Bonchev–Trinajstić information content (AvgIpc) is 2.67. The molecule has 18 heavy (non-hydrogen) atoms. The number of rotatable bonds is 1. The lowest BCUT2D eigenvalue weighted by Crippen LogP contribution is -2.36. The van der Waals surface area contributed by atoms with E-state index in [0.717, 1.165) is 15.0 Å². The molecule has 1 amide bonds. The molecule has 0 saturated heterocycles. The minimum atomic E-state index is -0.383. The van der Waals surface area contributed by atoms with Crippen LogP contribution in [0.3, 0.4) is 0 Å². The predicted octanol–water partition coefficient (Wildman–Crippen LogP) is 2.95. The fourth-order valence-corrected chi connectivity index (χ4v) is 2.28. The van der Waals surface area contributed by atoms with E-state index in [2.05, 4.69) is 27.6 Å². The highest BCUT2D eigenvalue weighted by Gasteiger charge is 2.26. The summed E-state index contributed by atoms with van der Waals surface area (Å²) in [5.41, 5.74) is 1.38. The number of aromatic nitrogens is 2. The third kappa shape index (κ3) is 2.36. The zero-order valence-electron chi connectivity index (χ0n) is 10.9. The SMILES string of the molecule is CN(C(=O)C(C)(C)C)c1ccc2ncc(I)n2c1. The van der Waals surface area contributed by atoms with Gasteiger partial charge in [-0.25, -0.2) is 4.98 Å². The molecule has 0 saturated carbocycles. The molecule has 0 spiro atoms. The summed E-state index contributed by atoms with van der Waals surface area (Å²) < 4.78 is 3.00. The summed E-state index contributed by atoms with van der Waals surface area (Å²) in [5, 5.41) is 0. The molecule has 0 aliphatic carbocycles. The van der Waals surface area contributed by atoms with Crippen molar-refractivity contribution in [3.8, 4) is 0 Å². The number of amides is 1. The summed E-state index contributed by atoms with van der Waals surface area (Å²) in [5.74, 6) is 0.0944. The number of nitrogens with zero attached hydrogens (tertiary/aromatic N) is 3. The van der Waals surface area contributed by atoms with E-state index in [1.54, 1.807) is 11.9 Å².